The topological polar surface area (TPSA) is 75.0 Å². The minimum Gasteiger partial charge on any atom is -0.370 e. The summed E-state index contributed by atoms with van der Waals surface area (Å²) >= 11 is 0. The van der Waals surface area contributed by atoms with Crippen molar-refractivity contribution in [1.29, 1.82) is 0 Å². The molecule has 1 aliphatic rings. The molecule has 1 saturated heterocycles. The monoisotopic (exact) mass is 244 g/mol. The Morgan fingerprint density at radius 2 is 2.11 bits per heavy atom. The summed E-state index contributed by atoms with van der Waals surface area (Å²) < 4.78 is 0. The van der Waals surface area contributed by atoms with E-state index in [0.717, 1.165) is 37.0 Å². The van der Waals surface area contributed by atoms with Gasteiger partial charge in [-0.15, -0.1) is 0 Å². The number of rotatable bonds is 2. The van der Waals surface area contributed by atoms with Crippen LogP contribution in [0.2, 0.25) is 0 Å². The lowest BCUT2D eigenvalue weighted by molar-refractivity contribution is 0.100. The number of nitrogens with one attached hydrogen (secondary N) is 1. The molecule has 0 radical (unpaired) electrons. The Bertz CT molecular complexity index is 584. The number of anilines is 1. The zero-order chi connectivity index (χ0) is 12.5. The minimum absolute atomic E-state index is 0.387. The summed E-state index contributed by atoms with van der Waals surface area (Å²) in [5.74, 6) is -0.387. The number of carbonyl (C=O) groups is 1. The second-order valence-electron chi connectivity index (χ2n) is 4.67. The van der Waals surface area contributed by atoms with Gasteiger partial charge in [-0.1, -0.05) is 0 Å². The number of aromatic nitrogens is 2. The fraction of sp³-hybridized carbons (Fsp3) is 0.385. The molecule has 18 heavy (non-hydrogen) atoms. The number of carbonyl (C=O) groups excluding carboxylic acids is 1. The molecule has 3 heterocycles. The van der Waals surface area contributed by atoms with E-state index in [-0.39, 0.29) is 5.91 Å². The molecular formula is C13H16N4O. The highest BCUT2D eigenvalue weighted by atomic mass is 16.1. The van der Waals surface area contributed by atoms with Gasteiger partial charge in [0.25, 0.3) is 5.91 Å². The van der Waals surface area contributed by atoms with Crippen molar-refractivity contribution in [3.05, 3.63) is 24.0 Å². The quantitative estimate of drug-likeness (QED) is 0.843. The molecule has 5 nitrogen and oxygen atoms in total. The molecule has 0 atom stereocenters. The maximum absolute atomic E-state index is 11.7. The fourth-order valence-electron chi connectivity index (χ4n) is 2.63. The third-order valence-corrected chi connectivity index (χ3v) is 3.51. The Balaban J connectivity index is 2.14. The van der Waals surface area contributed by atoms with Crippen molar-refractivity contribution < 1.29 is 4.79 Å². The van der Waals surface area contributed by atoms with Gasteiger partial charge in [0.15, 0.2) is 0 Å². The number of aromatic amines is 1. The van der Waals surface area contributed by atoms with E-state index in [2.05, 4.69) is 14.9 Å². The number of amides is 1. The lowest BCUT2D eigenvalue weighted by Gasteiger charge is -2.29. The van der Waals surface area contributed by atoms with Crippen molar-refractivity contribution >= 4 is 22.6 Å². The SMILES string of the molecule is NC(=O)c1c(N2CCCCC2)cnc2[nH]ccc12. The Hall–Kier alpha value is -2.04. The molecule has 2 aromatic rings. The van der Waals surface area contributed by atoms with Crippen LogP contribution >= 0.6 is 0 Å². The summed E-state index contributed by atoms with van der Waals surface area (Å²) in [6, 6.07) is 1.86. The van der Waals surface area contributed by atoms with Crippen LogP contribution in [0.4, 0.5) is 5.69 Å². The van der Waals surface area contributed by atoms with Gasteiger partial charge in [-0.05, 0) is 25.3 Å². The second-order valence-corrected chi connectivity index (χ2v) is 4.67. The van der Waals surface area contributed by atoms with Crippen LogP contribution in [0.1, 0.15) is 29.6 Å². The number of H-pyrrole nitrogens is 1. The van der Waals surface area contributed by atoms with Gasteiger partial charge in [-0.25, -0.2) is 4.98 Å². The summed E-state index contributed by atoms with van der Waals surface area (Å²) in [6.07, 6.45) is 7.10. The Morgan fingerprint density at radius 3 is 2.83 bits per heavy atom. The number of nitrogens with two attached hydrogens (primary N) is 1. The average molecular weight is 244 g/mol. The normalized spacial score (nSPS) is 16.1. The molecule has 3 N–H and O–H groups in total. The van der Waals surface area contributed by atoms with Crippen LogP contribution in [0.15, 0.2) is 18.5 Å². The molecule has 2 aromatic heterocycles. The molecule has 1 aliphatic heterocycles. The summed E-state index contributed by atoms with van der Waals surface area (Å²) in [6.45, 7) is 1.94. The predicted molar refractivity (Wildman–Crippen MR) is 70.7 cm³/mol. The summed E-state index contributed by atoms with van der Waals surface area (Å²) in [5.41, 5.74) is 7.71. The van der Waals surface area contributed by atoms with Crippen LogP contribution in [-0.4, -0.2) is 29.0 Å². The molecule has 3 rings (SSSR count). The Morgan fingerprint density at radius 1 is 1.33 bits per heavy atom. The number of hydrogen-bond donors (Lipinski definition) is 2. The number of primary amides is 1. The van der Waals surface area contributed by atoms with Gasteiger partial charge in [0.1, 0.15) is 5.65 Å². The van der Waals surface area contributed by atoms with E-state index >= 15 is 0 Å². The highest BCUT2D eigenvalue weighted by Crippen LogP contribution is 2.28. The maximum atomic E-state index is 11.7. The van der Waals surface area contributed by atoms with Crippen molar-refractivity contribution in [3.8, 4) is 0 Å². The van der Waals surface area contributed by atoms with E-state index in [1.165, 1.54) is 6.42 Å². The molecule has 94 valence electrons. The number of piperidine rings is 1. The van der Waals surface area contributed by atoms with Crippen molar-refractivity contribution in [2.45, 2.75) is 19.3 Å². The van der Waals surface area contributed by atoms with E-state index in [1.54, 1.807) is 12.4 Å². The van der Waals surface area contributed by atoms with Gasteiger partial charge in [-0.2, -0.15) is 0 Å². The minimum atomic E-state index is -0.387. The fourth-order valence-corrected chi connectivity index (χ4v) is 2.63. The summed E-state index contributed by atoms with van der Waals surface area (Å²) in [4.78, 5) is 21.3. The van der Waals surface area contributed by atoms with Crippen molar-refractivity contribution in [1.82, 2.24) is 9.97 Å². The smallest absolute Gasteiger partial charge is 0.251 e. The summed E-state index contributed by atoms with van der Waals surface area (Å²) in [5, 5.41) is 0.811. The molecular weight excluding hydrogens is 228 g/mol. The van der Waals surface area contributed by atoms with Crippen molar-refractivity contribution in [2.24, 2.45) is 5.73 Å². The van der Waals surface area contributed by atoms with E-state index in [0.29, 0.717) is 11.2 Å². The van der Waals surface area contributed by atoms with Crippen molar-refractivity contribution in [3.63, 3.8) is 0 Å². The first-order valence-corrected chi connectivity index (χ1v) is 6.28. The van der Waals surface area contributed by atoms with E-state index in [1.807, 2.05) is 6.07 Å². The van der Waals surface area contributed by atoms with Gasteiger partial charge in [0.2, 0.25) is 0 Å². The molecule has 1 fully saturated rings. The molecule has 5 heteroatoms. The van der Waals surface area contributed by atoms with Crippen LogP contribution in [0.25, 0.3) is 11.0 Å². The maximum Gasteiger partial charge on any atom is 0.251 e. The van der Waals surface area contributed by atoms with Gasteiger partial charge in [0.05, 0.1) is 17.4 Å². The molecule has 0 aliphatic carbocycles. The summed E-state index contributed by atoms with van der Waals surface area (Å²) in [7, 11) is 0. The molecule has 0 saturated carbocycles. The predicted octanol–water partition coefficient (Wildman–Crippen LogP) is 1.65. The van der Waals surface area contributed by atoms with Crippen LogP contribution in [0.3, 0.4) is 0 Å². The first kappa shape index (κ1) is 11.1. The lowest BCUT2D eigenvalue weighted by Crippen LogP contribution is -2.31. The van der Waals surface area contributed by atoms with E-state index < -0.39 is 0 Å². The molecule has 1 amide bonds. The van der Waals surface area contributed by atoms with E-state index in [4.69, 9.17) is 5.73 Å². The highest BCUT2D eigenvalue weighted by Gasteiger charge is 2.20. The number of pyridine rings is 1. The number of fused-ring (bicyclic) bond motifs is 1. The van der Waals surface area contributed by atoms with Gasteiger partial charge in [0, 0.05) is 24.7 Å². The van der Waals surface area contributed by atoms with Crippen LogP contribution in [0.5, 0.6) is 0 Å². The number of hydrogen-bond acceptors (Lipinski definition) is 3. The zero-order valence-electron chi connectivity index (χ0n) is 10.1. The molecule has 0 spiro atoms. The van der Waals surface area contributed by atoms with Crippen molar-refractivity contribution in [2.75, 3.05) is 18.0 Å². The van der Waals surface area contributed by atoms with Crippen LogP contribution < -0.4 is 10.6 Å². The third kappa shape index (κ3) is 1.72. The van der Waals surface area contributed by atoms with Gasteiger partial charge < -0.3 is 15.6 Å². The largest absolute Gasteiger partial charge is 0.370 e. The third-order valence-electron chi connectivity index (χ3n) is 3.51. The first-order chi connectivity index (χ1) is 8.77. The molecule has 0 unspecified atom stereocenters. The zero-order valence-corrected chi connectivity index (χ0v) is 10.1. The van der Waals surface area contributed by atoms with Crippen LogP contribution in [-0.2, 0) is 0 Å². The number of nitrogens with zero attached hydrogens (tertiary/aromatic N) is 2. The van der Waals surface area contributed by atoms with Gasteiger partial charge in [-0.3, -0.25) is 4.79 Å². The first-order valence-electron chi connectivity index (χ1n) is 6.28. The Kier molecular flexibility index (Phi) is 2.66. The molecule has 0 aromatic carbocycles. The lowest BCUT2D eigenvalue weighted by atomic mass is 10.1. The average Bonchev–Trinajstić information content (AvgIpc) is 2.86. The second kappa shape index (κ2) is 4.33. The van der Waals surface area contributed by atoms with Crippen LogP contribution in [0, 0.1) is 0 Å². The van der Waals surface area contributed by atoms with E-state index in [9.17, 15) is 4.79 Å². The Labute approximate surface area is 105 Å². The van der Waals surface area contributed by atoms with Gasteiger partial charge >= 0.3 is 0 Å². The molecule has 0 bridgehead atoms. The highest BCUT2D eigenvalue weighted by molar-refractivity contribution is 6.09. The standard InChI is InChI=1S/C13H16N4O/c14-12(18)11-9-4-5-15-13(9)16-8-10(11)17-6-2-1-3-7-17/h4-5,8H,1-3,6-7H2,(H2,14,18)(H,15,16).